The van der Waals surface area contributed by atoms with Crippen LogP contribution in [0.25, 0.3) is 0 Å². The van der Waals surface area contributed by atoms with E-state index in [0.717, 1.165) is 18.4 Å². The predicted molar refractivity (Wildman–Crippen MR) is 82.0 cm³/mol. The van der Waals surface area contributed by atoms with Crippen LogP contribution in [0.1, 0.15) is 28.8 Å². The standard InChI is InChI=1S/C16H21N3O3/c1-17-15(21)12-5-3-11(4-6-12)10-19(2)14(20)9-18-16(22)13-7-8-13/h3-6,13H,7-10H2,1-2H3,(H,17,21)(H,18,22). The zero-order valence-corrected chi connectivity index (χ0v) is 12.9. The van der Waals surface area contributed by atoms with Crippen molar-refractivity contribution < 1.29 is 14.4 Å². The molecule has 0 bridgehead atoms. The highest BCUT2D eigenvalue weighted by atomic mass is 16.2. The van der Waals surface area contributed by atoms with E-state index in [-0.39, 0.29) is 30.2 Å². The summed E-state index contributed by atoms with van der Waals surface area (Å²) in [5, 5.41) is 5.22. The highest BCUT2D eigenvalue weighted by molar-refractivity contribution is 5.94. The first kappa shape index (κ1) is 16.0. The minimum Gasteiger partial charge on any atom is -0.355 e. The maximum atomic E-state index is 12.0. The molecule has 0 radical (unpaired) electrons. The fourth-order valence-electron chi connectivity index (χ4n) is 2.06. The van der Waals surface area contributed by atoms with Gasteiger partial charge in [0.05, 0.1) is 6.54 Å². The lowest BCUT2D eigenvalue weighted by atomic mass is 10.1. The monoisotopic (exact) mass is 303 g/mol. The van der Waals surface area contributed by atoms with Crippen LogP contribution in [-0.2, 0) is 16.1 Å². The topological polar surface area (TPSA) is 78.5 Å². The summed E-state index contributed by atoms with van der Waals surface area (Å²) < 4.78 is 0. The van der Waals surface area contributed by atoms with Crippen molar-refractivity contribution in [1.29, 1.82) is 0 Å². The molecular weight excluding hydrogens is 282 g/mol. The number of hydrogen-bond donors (Lipinski definition) is 2. The molecule has 1 saturated carbocycles. The van der Waals surface area contributed by atoms with E-state index in [0.29, 0.717) is 12.1 Å². The summed E-state index contributed by atoms with van der Waals surface area (Å²) >= 11 is 0. The van der Waals surface area contributed by atoms with Crippen molar-refractivity contribution in [1.82, 2.24) is 15.5 Å². The van der Waals surface area contributed by atoms with E-state index < -0.39 is 0 Å². The van der Waals surface area contributed by atoms with Gasteiger partial charge in [0, 0.05) is 32.1 Å². The van der Waals surface area contributed by atoms with E-state index >= 15 is 0 Å². The third kappa shape index (κ3) is 4.31. The van der Waals surface area contributed by atoms with Gasteiger partial charge in [-0.1, -0.05) is 12.1 Å². The molecule has 6 heteroatoms. The van der Waals surface area contributed by atoms with E-state index in [1.165, 1.54) is 0 Å². The average molecular weight is 303 g/mol. The summed E-state index contributed by atoms with van der Waals surface area (Å²) in [7, 11) is 3.27. The molecule has 0 unspecified atom stereocenters. The minimum absolute atomic E-state index is 0.0299. The maximum absolute atomic E-state index is 12.0. The Hall–Kier alpha value is -2.37. The van der Waals surface area contributed by atoms with Gasteiger partial charge >= 0.3 is 0 Å². The van der Waals surface area contributed by atoms with Gasteiger partial charge in [-0.05, 0) is 30.5 Å². The molecule has 22 heavy (non-hydrogen) atoms. The van der Waals surface area contributed by atoms with Gasteiger partial charge < -0.3 is 15.5 Å². The van der Waals surface area contributed by atoms with Crippen LogP contribution in [0.5, 0.6) is 0 Å². The number of hydrogen-bond acceptors (Lipinski definition) is 3. The zero-order valence-electron chi connectivity index (χ0n) is 12.9. The first-order chi connectivity index (χ1) is 10.5. The summed E-state index contributed by atoms with van der Waals surface area (Å²) in [5.41, 5.74) is 1.51. The van der Waals surface area contributed by atoms with Gasteiger partial charge in [-0.15, -0.1) is 0 Å². The molecule has 3 amide bonds. The van der Waals surface area contributed by atoms with Crippen LogP contribution in [0.2, 0.25) is 0 Å². The normalized spacial score (nSPS) is 13.4. The molecule has 2 N–H and O–H groups in total. The van der Waals surface area contributed by atoms with Crippen LogP contribution in [0, 0.1) is 5.92 Å². The van der Waals surface area contributed by atoms with Crippen molar-refractivity contribution in [3.8, 4) is 0 Å². The molecule has 1 aliphatic carbocycles. The number of carbonyl (C=O) groups excluding carboxylic acids is 3. The van der Waals surface area contributed by atoms with Crippen LogP contribution >= 0.6 is 0 Å². The van der Waals surface area contributed by atoms with Crippen LogP contribution in [0.15, 0.2) is 24.3 Å². The van der Waals surface area contributed by atoms with Crippen LogP contribution in [-0.4, -0.2) is 43.3 Å². The van der Waals surface area contributed by atoms with Gasteiger partial charge in [-0.2, -0.15) is 0 Å². The van der Waals surface area contributed by atoms with Crippen molar-refractivity contribution in [2.75, 3.05) is 20.6 Å². The van der Waals surface area contributed by atoms with Crippen molar-refractivity contribution in [2.45, 2.75) is 19.4 Å². The molecule has 0 saturated heterocycles. The van der Waals surface area contributed by atoms with Crippen LogP contribution in [0.3, 0.4) is 0 Å². The molecule has 1 fully saturated rings. The fraction of sp³-hybridized carbons (Fsp3) is 0.438. The van der Waals surface area contributed by atoms with E-state index in [1.54, 1.807) is 31.1 Å². The molecule has 0 atom stereocenters. The number of carbonyl (C=O) groups is 3. The largest absolute Gasteiger partial charge is 0.355 e. The molecular formula is C16H21N3O3. The fourth-order valence-corrected chi connectivity index (χ4v) is 2.06. The lowest BCUT2D eigenvalue weighted by Crippen LogP contribution is -2.38. The molecule has 6 nitrogen and oxygen atoms in total. The second kappa shape index (κ2) is 7.06. The summed E-state index contributed by atoms with van der Waals surface area (Å²) in [6, 6.07) is 7.08. The van der Waals surface area contributed by atoms with E-state index in [9.17, 15) is 14.4 Å². The molecule has 0 aliphatic heterocycles. The van der Waals surface area contributed by atoms with Gasteiger partial charge in [0.25, 0.3) is 5.91 Å². The number of nitrogens with one attached hydrogen (secondary N) is 2. The molecule has 1 aromatic rings. The van der Waals surface area contributed by atoms with Gasteiger partial charge in [0.15, 0.2) is 0 Å². The van der Waals surface area contributed by atoms with Crippen molar-refractivity contribution in [3.63, 3.8) is 0 Å². The summed E-state index contributed by atoms with van der Waals surface area (Å²) in [5.74, 6) is -0.199. The number of rotatable bonds is 6. The van der Waals surface area contributed by atoms with Gasteiger partial charge in [-0.3, -0.25) is 14.4 Å². The number of likely N-dealkylation sites (N-methyl/N-ethyl adjacent to an activating group) is 1. The quantitative estimate of drug-likeness (QED) is 0.804. The van der Waals surface area contributed by atoms with Crippen molar-refractivity contribution in [3.05, 3.63) is 35.4 Å². The van der Waals surface area contributed by atoms with Crippen molar-refractivity contribution in [2.24, 2.45) is 5.92 Å². The Kier molecular flexibility index (Phi) is 5.14. The zero-order chi connectivity index (χ0) is 16.1. The highest BCUT2D eigenvalue weighted by Gasteiger charge is 2.29. The Labute approximate surface area is 129 Å². The van der Waals surface area contributed by atoms with Crippen molar-refractivity contribution >= 4 is 17.7 Å². The Morgan fingerprint density at radius 1 is 1.18 bits per heavy atom. The number of amides is 3. The Bertz CT molecular complexity index is 565. The molecule has 2 rings (SSSR count). The SMILES string of the molecule is CNC(=O)c1ccc(CN(C)C(=O)CNC(=O)C2CC2)cc1. The van der Waals surface area contributed by atoms with Gasteiger partial charge in [-0.25, -0.2) is 0 Å². The average Bonchev–Trinajstić information content (AvgIpc) is 3.37. The highest BCUT2D eigenvalue weighted by Crippen LogP contribution is 2.28. The second-order valence-corrected chi connectivity index (χ2v) is 5.52. The van der Waals surface area contributed by atoms with Gasteiger partial charge in [0.2, 0.25) is 11.8 Å². The third-order valence-electron chi connectivity index (χ3n) is 3.65. The molecule has 1 aliphatic rings. The Morgan fingerprint density at radius 3 is 2.36 bits per heavy atom. The van der Waals surface area contributed by atoms with Gasteiger partial charge in [0.1, 0.15) is 0 Å². The second-order valence-electron chi connectivity index (χ2n) is 5.52. The summed E-state index contributed by atoms with van der Waals surface area (Å²) in [4.78, 5) is 36.5. The predicted octanol–water partition coefficient (Wildman–Crippen LogP) is 0.531. The lowest BCUT2D eigenvalue weighted by Gasteiger charge is -2.17. The minimum atomic E-state index is -0.140. The van der Waals surface area contributed by atoms with Crippen LogP contribution < -0.4 is 10.6 Å². The Balaban J connectivity index is 1.82. The van der Waals surface area contributed by atoms with E-state index in [2.05, 4.69) is 10.6 Å². The first-order valence-electron chi connectivity index (χ1n) is 7.34. The molecule has 1 aromatic carbocycles. The third-order valence-corrected chi connectivity index (χ3v) is 3.65. The number of benzene rings is 1. The smallest absolute Gasteiger partial charge is 0.251 e. The summed E-state index contributed by atoms with van der Waals surface area (Å²) in [6.45, 7) is 0.467. The number of nitrogens with zero attached hydrogens (tertiary/aromatic N) is 1. The maximum Gasteiger partial charge on any atom is 0.251 e. The first-order valence-corrected chi connectivity index (χ1v) is 7.34. The molecule has 0 heterocycles. The van der Waals surface area contributed by atoms with E-state index in [4.69, 9.17) is 0 Å². The summed E-state index contributed by atoms with van der Waals surface area (Å²) in [6.07, 6.45) is 1.85. The van der Waals surface area contributed by atoms with E-state index in [1.807, 2.05) is 12.1 Å². The van der Waals surface area contributed by atoms with Crippen LogP contribution in [0.4, 0.5) is 0 Å². The molecule has 118 valence electrons. The molecule has 0 aromatic heterocycles. The lowest BCUT2D eigenvalue weighted by molar-refractivity contribution is -0.132. The molecule has 0 spiro atoms. The Morgan fingerprint density at radius 2 is 1.82 bits per heavy atom.